The second-order valence-electron chi connectivity index (χ2n) is 10.8. The molecule has 0 bridgehead atoms. The summed E-state index contributed by atoms with van der Waals surface area (Å²) in [4.78, 5) is 55.0. The Labute approximate surface area is 279 Å². The van der Waals surface area contributed by atoms with Crippen LogP contribution >= 0.6 is 0 Å². The van der Waals surface area contributed by atoms with E-state index in [2.05, 4.69) is 10.3 Å². The Hall–Kier alpha value is -6.65. The van der Waals surface area contributed by atoms with Crippen molar-refractivity contribution in [2.24, 2.45) is 4.99 Å². The van der Waals surface area contributed by atoms with Gasteiger partial charge in [0.25, 0.3) is 5.69 Å². The van der Waals surface area contributed by atoms with Crippen LogP contribution in [-0.4, -0.2) is 60.1 Å². The highest BCUT2D eigenvalue weighted by atomic mass is 16.7. The van der Waals surface area contributed by atoms with Gasteiger partial charge < -0.3 is 24.3 Å². The number of non-ortho nitro benzene ring substituents is 1. The monoisotopic (exact) mass is 658 g/mol. The number of allylic oxidation sites excluding steroid dienone is 1. The van der Waals surface area contributed by atoms with Crippen LogP contribution in [0.4, 0.5) is 17.1 Å². The van der Waals surface area contributed by atoms with Gasteiger partial charge in [0.05, 0.1) is 44.3 Å². The number of nitrogens with one attached hydrogen (secondary N) is 1. The first-order valence-electron chi connectivity index (χ1n) is 15.0. The summed E-state index contributed by atoms with van der Waals surface area (Å²) < 4.78 is 23.9. The third-order valence-corrected chi connectivity index (χ3v) is 7.69. The number of hydrogen-bond donors (Lipinski definition) is 1. The van der Waals surface area contributed by atoms with E-state index in [0.29, 0.717) is 0 Å². The number of hydrogen-bond acceptors (Lipinski definition) is 12. The van der Waals surface area contributed by atoms with Gasteiger partial charge in [-0.3, -0.25) is 15.1 Å². The fraction of sp³-hybridized carbons (Fsp3) is 0.139. The van der Waals surface area contributed by atoms with Gasteiger partial charge in [-0.05, 0) is 42.5 Å². The lowest BCUT2D eigenvalue weighted by molar-refractivity contribution is -0.384. The molecule has 0 aliphatic carbocycles. The number of carbonyl (C=O) groups excluding carboxylic acids is 3. The molecule has 0 unspecified atom stereocenters. The molecule has 2 heterocycles. The van der Waals surface area contributed by atoms with Gasteiger partial charge >= 0.3 is 17.9 Å². The van der Waals surface area contributed by atoms with Gasteiger partial charge in [-0.1, -0.05) is 54.6 Å². The van der Waals surface area contributed by atoms with Crippen molar-refractivity contribution in [3.05, 3.63) is 147 Å². The van der Waals surface area contributed by atoms with E-state index in [1.165, 1.54) is 36.5 Å². The Morgan fingerprint density at radius 2 is 1.37 bits per heavy atom. The summed E-state index contributed by atoms with van der Waals surface area (Å²) in [5, 5.41) is 24.7. The van der Waals surface area contributed by atoms with Crippen molar-refractivity contribution in [2.45, 2.75) is 24.4 Å². The first-order chi connectivity index (χ1) is 23.8. The minimum Gasteiger partial charge on any atom is -0.459 e. The number of nitro benzene ring substituents is 1. The molecule has 2 aliphatic rings. The van der Waals surface area contributed by atoms with Gasteiger partial charge in [-0.2, -0.15) is 5.26 Å². The number of esters is 3. The summed E-state index contributed by atoms with van der Waals surface area (Å²) in [5.41, 5.74) is 0.899. The molecule has 49 heavy (non-hydrogen) atoms. The number of fused-ring (bicyclic) bond motifs is 1. The topological polar surface area (TPSA) is 179 Å². The van der Waals surface area contributed by atoms with Crippen molar-refractivity contribution in [1.82, 2.24) is 0 Å². The number of nitriles is 1. The molecule has 244 valence electrons. The molecule has 4 aromatic carbocycles. The Balaban J connectivity index is 1.40. The highest BCUT2D eigenvalue weighted by Crippen LogP contribution is 2.38. The molecule has 0 spiro atoms. The molecule has 13 nitrogen and oxygen atoms in total. The molecule has 1 fully saturated rings. The third kappa shape index (κ3) is 7.19. The molecule has 6 rings (SSSR count). The van der Waals surface area contributed by atoms with Crippen molar-refractivity contribution >= 4 is 41.2 Å². The molecule has 4 atom stereocenters. The Morgan fingerprint density at radius 1 is 0.816 bits per heavy atom. The molecular weight excluding hydrogens is 632 g/mol. The lowest BCUT2D eigenvalue weighted by atomic mass is 10.0. The Kier molecular flexibility index (Phi) is 9.50. The highest BCUT2D eigenvalue weighted by molar-refractivity contribution is 5.93. The zero-order valence-electron chi connectivity index (χ0n) is 25.5. The van der Waals surface area contributed by atoms with E-state index in [9.17, 15) is 29.8 Å². The maximum atomic E-state index is 13.5. The van der Waals surface area contributed by atoms with E-state index in [1.807, 2.05) is 6.07 Å². The number of ether oxygens (including phenoxy) is 4. The number of anilines is 1. The van der Waals surface area contributed by atoms with E-state index < -0.39 is 53.9 Å². The average molecular weight is 659 g/mol. The van der Waals surface area contributed by atoms with E-state index in [1.54, 1.807) is 78.9 Å². The van der Waals surface area contributed by atoms with Crippen molar-refractivity contribution in [2.75, 3.05) is 11.9 Å². The third-order valence-electron chi connectivity index (χ3n) is 7.69. The number of benzene rings is 4. The smallest absolute Gasteiger partial charge is 0.338 e. The van der Waals surface area contributed by atoms with E-state index in [0.717, 1.165) is 0 Å². The normalized spacial score (nSPS) is 19.4. The molecule has 2 aliphatic heterocycles. The SMILES string of the molecule is N#CC1=C([C@@H]2O[C@H](COC(=O)c3ccccc3)[C@@H](OC(=O)c3ccccc3)[C@H]2OC(=O)c2ccccc2)Nc2ccc([N+](=O)[O-])cc2N=C1. The van der Waals surface area contributed by atoms with Crippen LogP contribution in [0.5, 0.6) is 0 Å². The summed E-state index contributed by atoms with van der Waals surface area (Å²) >= 11 is 0. The summed E-state index contributed by atoms with van der Waals surface area (Å²) in [6.07, 6.45) is -4.03. The number of nitro groups is 1. The second kappa shape index (κ2) is 14.4. The van der Waals surface area contributed by atoms with Crippen LogP contribution in [0.15, 0.2) is 125 Å². The summed E-state index contributed by atoms with van der Waals surface area (Å²) in [7, 11) is 0. The zero-order valence-corrected chi connectivity index (χ0v) is 25.5. The van der Waals surface area contributed by atoms with Gasteiger partial charge in [0.1, 0.15) is 24.9 Å². The van der Waals surface area contributed by atoms with Crippen LogP contribution in [0.3, 0.4) is 0 Å². The molecule has 4 aromatic rings. The van der Waals surface area contributed by atoms with Crippen molar-refractivity contribution in [1.29, 1.82) is 5.26 Å². The maximum Gasteiger partial charge on any atom is 0.338 e. The minimum absolute atomic E-state index is 0.0559. The number of rotatable bonds is 9. The summed E-state index contributed by atoms with van der Waals surface area (Å²) in [6, 6.07) is 30.4. The van der Waals surface area contributed by atoms with Gasteiger partial charge in [0.2, 0.25) is 0 Å². The molecular formula is C36H26N4O9. The van der Waals surface area contributed by atoms with E-state index in [-0.39, 0.29) is 45.0 Å². The van der Waals surface area contributed by atoms with Gasteiger partial charge in [0, 0.05) is 18.3 Å². The zero-order chi connectivity index (χ0) is 34.3. The molecule has 1 saturated heterocycles. The van der Waals surface area contributed by atoms with Crippen molar-refractivity contribution in [3.63, 3.8) is 0 Å². The molecule has 0 saturated carbocycles. The van der Waals surface area contributed by atoms with Crippen LogP contribution in [0.25, 0.3) is 0 Å². The highest BCUT2D eigenvalue weighted by Gasteiger charge is 2.52. The molecule has 0 aromatic heterocycles. The van der Waals surface area contributed by atoms with Crippen molar-refractivity contribution in [3.8, 4) is 6.07 Å². The van der Waals surface area contributed by atoms with E-state index >= 15 is 0 Å². The predicted molar refractivity (Wildman–Crippen MR) is 174 cm³/mol. The Bertz CT molecular complexity index is 1990. The Morgan fingerprint density at radius 3 is 1.92 bits per heavy atom. The molecule has 0 radical (unpaired) electrons. The summed E-state index contributed by atoms with van der Waals surface area (Å²) in [5.74, 6) is -2.22. The van der Waals surface area contributed by atoms with Crippen LogP contribution in [0.2, 0.25) is 0 Å². The molecule has 0 amide bonds. The van der Waals surface area contributed by atoms with E-state index in [4.69, 9.17) is 18.9 Å². The van der Waals surface area contributed by atoms with Crippen LogP contribution in [0.1, 0.15) is 31.1 Å². The summed E-state index contributed by atoms with van der Waals surface area (Å²) in [6.45, 7) is -0.428. The fourth-order valence-electron chi connectivity index (χ4n) is 5.29. The predicted octanol–water partition coefficient (Wildman–Crippen LogP) is 5.58. The largest absolute Gasteiger partial charge is 0.459 e. The average Bonchev–Trinajstić information content (AvgIpc) is 3.34. The first-order valence-corrected chi connectivity index (χ1v) is 15.0. The fourth-order valence-corrected chi connectivity index (χ4v) is 5.29. The van der Waals surface area contributed by atoms with Crippen LogP contribution < -0.4 is 5.32 Å². The van der Waals surface area contributed by atoms with Crippen molar-refractivity contribution < 1.29 is 38.3 Å². The van der Waals surface area contributed by atoms with Crippen LogP contribution in [-0.2, 0) is 18.9 Å². The number of nitrogens with zero attached hydrogens (tertiary/aromatic N) is 3. The van der Waals surface area contributed by atoms with Gasteiger partial charge in [-0.15, -0.1) is 0 Å². The van der Waals surface area contributed by atoms with Gasteiger partial charge in [0.15, 0.2) is 12.2 Å². The maximum absolute atomic E-state index is 13.5. The standard InChI is InChI=1S/C36H26N4O9/c37-19-25-20-38-28-18-26(40(44)45)16-17-27(28)39-30(25)32-33(49-36(43)24-14-8-3-9-15-24)31(48-35(42)23-12-6-2-7-13-23)29(47-32)21-46-34(41)22-10-4-1-5-11-22/h1-18,20,29,31-33,39H,21H2/t29-,31-,32+,33-/m1/s1. The number of aliphatic imine (C=N–C) groups is 1. The second-order valence-corrected chi connectivity index (χ2v) is 10.8. The molecule has 13 heteroatoms. The minimum atomic E-state index is -1.39. The number of carbonyl (C=O) groups is 3. The quantitative estimate of drug-likeness (QED) is 0.103. The lowest BCUT2D eigenvalue weighted by Gasteiger charge is -2.26. The lowest BCUT2D eigenvalue weighted by Crippen LogP contribution is -2.43. The van der Waals surface area contributed by atoms with Crippen LogP contribution in [0, 0.1) is 21.4 Å². The first kappa shape index (κ1) is 32.3. The molecule has 1 N–H and O–H groups in total. The van der Waals surface area contributed by atoms with Gasteiger partial charge in [-0.25, -0.2) is 14.4 Å².